The van der Waals surface area contributed by atoms with Gasteiger partial charge in [-0.2, -0.15) is 0 Å². The molecule has 1 atom stereocenters. The fraction of sp³-hybridized carbons (Fsp3) is 0.467. The van der Waals surface area contributed by atoms with Gasteiger partial charge in [0.2, 0.25) is 0 Å². The molecule has 0 aliphatic carbocycles. The van der Waals surface area contributed by atoms with E-state index in [2.05, 4.69) is 12.2 Å². The van der Waals surface area contributed by atoms with Crippen molar-refractivity contribution in [2.45, 2.75) is 40.2 Å². The third-order valence-electron chi connectivity index (χ3n) is 2.96. The Labute approximate surface area is 132 Å². The minimum absolute atomic E-state index is 0.281. The highest BCUT2D eigenvalue weighted by atomic mass is 28.3. The molecule has 0 saturated heterocycles. The molecule has 1 aromatic rings. The first-order valence-corrected chi connectivity index (χ1v) is 8.85. The van der Waals surface area contributed by atoms with Crippen molar-refractivity contribution in [3.05, 3.63) is 23.8 Å². The third-order valence-corrected chi connectivity index (χ3v) is 5.06. The maximum Gasteiger partial charge on any atom is 0.483 e. The molecule has 1 unspecified atom stereocenters. The van der Waals surface area contributed by atoms with Crippen molar-refractivity contribution >= 4 is 32.1 Å². The number of hydrogen-bond donors (Lipinski definition) is 2. The fourth-order valence-electron chi connectivity index (χ4n) is 2.16. The van der Waals surface area contributed by atoms with Crippen LogP contribution in [0, 0.1) is 0 Å². The lowest BCUT2D eigenvalue weighted by atomic mass is 10.1. The minimum Gasteiger partial charge on any atom is -0.484 e. The SMILES string of the molecule is CCCNc1cccc([SiH](OC(C)=O)OC(C)=O)c1C(C)N. The topological polar surface area (TPSA) is 90.6 Å². The Morgan fingerprint density at radius 1 is 1.27 bits per heavy atom. The number of carbonyl (C=O) groups is 2. The molecule has 0 aliphatic heterocycles. The molecule has 0 aromatic heterocycles. The highest BCUT2D eigenvalue weighted by Crippen LogP contribution is 2.20. The van der Waals surface area contributed by atoms with Gasteiger partial charge in [0.05, 0.1) is 0 Å². The van der Waals surface area contributed by atoms with E-state index in [4.69, 9.17) is 14.6 Å². The highest BCUT2D eigenvalue weighted by Gasteiger charge is 2.28. The molecule has 0 aliphatic rings. The van der Waals surface area contributed by atoms with Gasteiger partial charge in [-0.05, 0) is 25.0 Å². The molecule has 0 fully saturated rings. The summed E-state index contributed by atoms with van der Waals surface area (Å²) in [4.78, 5) is 22.6. The molecule has 122 valence electrons. The van der Waals surface area contributed by atoms with Crippen LogP contribution in [0.25, 0.3) is 0 Å². The second-order valence-electron chi connectivity index (χ2n) is 5.07. The predicted octanol–water partition coefficient (Wildman–Crippen LogP) is 1.08. The summed E-state index contributed by atoms with van der Waals surface area (Å²) >= 11 is 0. The van der Waals surface area contributed by atoms with Crippen LogP contribution in [-0.4, -0.2) is 27.8 Å². The second kappa shape index (κ2) is 8.55. The molecule has 22 heavy (non-hydrogen) atoms. The first-order valence-electron chi connectivity index (χ1n) is 7.33. The minimum atomic E-state index is -2.68. The number of anilines is 1. The van der Waals surface area contributed by atoms with Crippen LogP contribution in [0.15, 0.2) is 18.2 Å². The van der Waals surface area contributed by atoms with E-state index in [1.165, 1.54) is 13.8 Å². The van der Waals surface area contributed by atoms with Crippen molar-refractivity contribution in [1.82, 2.24) is 0 Å². The van der Waals surface area contributed by atoms with Crippen molar-refractivity contribution < 1.29 is 18.4 Å². The van der Waals surface area contributed by atoms with Gasteiger partial charge < -0.3 is 19.9 Å². The predicted molar refractivity (Wildman–Crippen MR) is 88.1 cm³/mol. The van der Waals surface area contributed by atoms with Crippen molar-refractivity contribution in [1.29, 1.82) is 0 Å². The van der Waals surface area contributed by atoms with Crippen LogP contribution in [-0.2, 0) is 18.4 Å². The standard InChI is InChI=1S/C15H24N2O4Si/c1-5-9-17-13-7-6-8-14(15(13)10(2)16)22(20-11(3)18)21-12(4)19/h6-8,10,17,22H,5,9,16H2,1-4H3. The Hall–Kier alpha value is -1.86. The lowest BCUT2D eigenvalue weighted by Gasteiger charge is -2.22. The van der Waals surface area contributed by atoms with Gasteiger partial charge in [-0.1, -0.05) is 19.1 Å². The zero-order chi connectivity index (χ0) is 16.7. The Morgan fingerprint density at radius 3 is 2.32 bits per heavy atom. The molecule has 0 amide bonds. The lowest BCUT2D eigenvalue weighted by Crippen LogP contribution is -2.43. The Kier molecular flexibility index (Phi) is 7.07. The third kappa shape index (κ3) is 5.16. The molecule has 6 nitrogen and oxygen atoms in total. The van der Waals surface area contributed by atoms with Crippen LogP contribution in [0.1, 0.15) is 45.7 Å². The molecule has 0 radical (unpaired) electrons. The van der Waals surface area contributed by atoms with Gasteiger partial charge in [0.25, 0.3) is 11.9 Å². The van der Waals surface area contributed by atoms with Crippen LogP contribution >= 0.6 is 0 Å². The van der Waals surface area contributed by atoms with Crippen molar-refractivity contribution in [3.63, 3.8) is 0 Å². The van der Waals surface area contributed by atoms with Gasteiger partial charge in [-0.3, -0.25) is 9.59 Å². The van der Waals surface area contributed by atoms with Crippen LogP contribution < -0.4 is 16.2 Å². The van der Waals surface area contributed by atoms with Crippen LogP contribution in [0.2, 0.25) is 0 Å². The number of rotatable bonds is 7. The molecular formula is C15H24N2O4Si. The normalized spacial score (nSPS) is 11.9. The first-order chi connectivity index (χ1) is 10.4. The lowest BCUT2D eigenvalue weighted by molar-refractivity contribution is -0.137. The van der Waals surface area contributed by atoms with Crippen LogP contribution in [0.3, 0.4) is 0 Å². The monoisotopic (exact) mass is 324 g/mol. The van der Waals surface area contributed by atoms with E-state index < -0.39 is 21.2 Å². The van der Waals surface area contributed by atoms with Gasteiger partial charge in [-0.25, -0.2) is 0 Å². The molecule has 0 heterocycles. The highest BCUT2D eigenvalue weighted by molar-refractivity contribution is 6.65. The summed E-state index contributed by atoms with van der Waals surface area (Å²) < 4.78 is 10.5. The van der Waals surface area contributed by atoms with E-state index in [1.54, 1.807) is 6.07 Å². The first kappa shape index (κ1) is 18.2. The number of nitrogens with two attached hydrogens (primary N) is 1. The average Bonchev–Trinajstić information content (AvgIpc) is 2.42. The van der Waals surface area contributed by atoms with Gasteiger partial charge >= 0.3 is 9.28 Å². The van der Waals surface area contributed by atoms with Crippen LogP contribution in [0.4, 0.5) is 5.69 Å². The van der Waals surface area contributed by atoms with Gasteiger partial charge in [0, 0.05) is 37.3 Å². The summed E-state index contributed by atoms with van der Waals surface area (Å²) in [5.41, 5.74) is 7.80. The number of benzene rings is 1. The second-order valence-corrected chi connectivity index (χ2v) is 6.83. The molecular weight excluding hydrogens is 300 g/mol. The summed E-state index contributed by atoms with van der Waals surface area (Å²) in [6, 6.07) is 5.28. The molecule has 7 heteroatoms. The Bertz CT molecular complexity index is 518. The molecule has 3 N–H and O–H groups in total. The average molecular weight is 324 g/mol. The molecule has 0 saturated carbocycles. The molecule has 1 aromatic carbocycles. The van der Waals surface area contributed by atoms with Crippen molar-refractivity contribution in [2.24, 2.45) is 5.73 Å². The Morgan fingerprint density at radius 2 is 1.86 bits per heavy atom. The van der Waals surface area contributed by atoms with E-state index in [9.17, 15) is 9.59 Å². The quantitative estimate of drug-likeness (QED) is 0.730. The summed E-state index contributed by atoms with van der Waals surface area (Å²) in [7, 11) is -2.68. The smallest absolute Gasteiger partial charge is 0.483 e. The number of nitrogens with one attached hydrogen (secondary N) is 1. The molecule has 0 bridgehead atoms. The van der Waals surface area contributed by atoms with E-state index >= 15 is 0 Å². The number of carbonyl (C=O) groups excluding carboxylic acids is 2. The van der Waals surface area contributed by atoms with Gasteiger partial charge in [0.15, 0.2) is 0 Å². The van der Waals surface area contributed by atoms with Crippen molar-refractivity contribution in [3.8, 4) is 0 Å². The fourth-order valence-corrected chi connectivity index (χ4v) is 4.01. The largest absolute Gasteiger partial charge is 0.484 e. The summed E-state index contributed by atoms with van der Waals surface area (Å²) in [6.45, 7) is 7.32. The Balaban J connectivity index is 3.27. The van der Waals surface area contributed by atoms with E-state index in [0.717, 1.165) is 24.2 Å². The zero-order valence-electron chi connectivity index (χ0n) is 13.5. The van der Waals surface area contributed by atoms with E-state index in [1.807, 2.05) is 19.1 Å². The molecule has 1 rings (SSSR count). The summed E-state index contributed by atoms with van der Waals surface area (Å²) in [5.74, 6) is -0.944. The molecule has 0 spiro atoms. The zero-order valence-corrected chi connectivity index (χ0v) is 14.7. The van der Waals surface area contributed by atoms with Crippen molar-refractivity contribution in [2.75, 3.05) is 11.9 Å². The van der Waals surface area contributed by atoms with E-state index in [0.29, 0.717) is 5.19 Å². The van der Waals surface area contributed by atoms with Gasteiger partial charge in [0.1, 0.15) is 0 Å². The van der Waals surface area contributed by atoms with Gasteiger partial charge in [-0.15, -0.1) is 0 Å². The van der Waals surface area contributed by atoms with Crippen LogP contribution in [0.5, 0.6) is 0 Å². The van der Waals surface area contributed by atoms with E-state index in [-0.39, 0.29) is 6.04 Å². The maximum atomic E-state index is 11.3. The maximum absolute atomic E-state index is 11.3. The summed E-state index contributed by atoms with van der Waals surface area (Å²) in [6.07, 6.45) is 0.970. The summed E-state index contributed by atoms with van der Waals surface area (Å²) in [5, 5.41) is 4.02. The number of hydrogen-bond acceptors (Lipinski definition) is 6.